The first-order valence-electron chi connectivity index (χ1n) is 7.64. The lowest BCUT2D eigenvalue weighted by atomic mass is 9.91. The fraction of sp³-hybridized carbons (Fsp3) is 0.706. The second kappa shape index (κ2) is 6.68. The Bertz CT molecular complexity index is 405. The quantitative estimate of drug-likeness (QED) is 0.516. The number of carbonyl (C=O) groups excluding carboxylic acids is 1. The lowest BCUT2D eigenvalue weighted by Gasteiger charge is -2.33. The Balaban J connectivity index is 2.84. The third-order valence-corrected chi connectivity index (χ3v) is 4.25. The molecule has 0 N–H and O–H groups in total. The van der Waals surface area contributed by atoms with Gasteiger partial charge in [-0.15, -0.1) is 10.3 Å². The maximum absolute atomic E-state index is 12.4. The van der Waals surface area contributed by atoms with E-state index in [0.717, 1.165) is 23.3 Å². The maximum Gasteiger partial charge on any atom is 0.148 e. The van der Waals surface area contributed by atoms with E-state index in [1.165, 1.54) is 25.7 Å². The van der Waals surface area contributed by atoms with E-state index < -0.39 is 11.1 Å². The summed E-state index contributed by atoms with van der Waals surface area (Å²) in [5.41, 5.74) is 0.0950. The monoisotopic (exact) mass is 278 g/mol. The van der Waals surface area contributed by atoms with Gasteiger partial charge in [-0.3, -0.25) is 4.79 Å². The van der Waals surface area contributed by atoms with E-state index in [-0.39, 0.29) is 0 Å². The Morgan fingerprint density at radius 3 is 2.15 bits per heavy atom. The van der Waals surface area contributed by atoms with Gasteiger partial charge in [0.05, 0.1) is 11.1 Å². The largest absolute Gasteiger partial charge is 0.298 e. The van der Waals surface area contributed by atoms with E-state index in [1.54, 1.807) is 0 Å². The van der Waals surface area contributed by atoms with E-state index in [2.05, 4.69) is 13.0 Å². The zero-order chi connectivity index (χ0) is 15.4. The molecule has 1 rings (SSSR count). The van der Waals surface area contributed by atoms with Gasteiger partial charge in [0, 0.05) is 5.57 Å². The lowest BCUT2D eigenvalue weighted by molar-refractivity contribution is -0.239. The minimum Gasteiger partial charge on any atom is -0.298 e. The van der Waals surface area contributed by atoms with Crippen molar-refractivity contribution in [3.05, 3.63) is 23.3 Å². The number of hydrogen-bond acceptors (Lipinski definition) is 2. The molecule has 0 saturated carbocycles. The van der Waals surface area contributed by atoms with Gasteiger partial charge in [-0.1, -0.05) is 38.3 Å². The maximum atomic E-state index is 12.4. The molecule has 3 nitrogen and oxygen atoms in total. The summed E-state index contributed by atoms with van der Waals surface area (Å²) < 4.78 is 0. The Kier molecular flexibility index (Phi) is 5.72. The molecule has 1 heterocycles. The van der Waals surface area contributed by atoms with Crippen LogP contribution in [0.5, 0.6) is 0 Å². The van der Waals surface area contributed by atoms with Gasteiger partial charge in [0.25, 0.3) is 0 Å². The van der Waals surface area contributed by atoms with E-state index in [9.17, 15) is 10.0 Å². The zero-order valence-electron chi connectivity index (χ0n) is 13.5. The number of aldehydes is 1. The molecule has 0 aromatic carbocycles. The Labute approximate surface area is 123 Å². The Hall–Kier alpha value is -0.930. The van der Waals surface area contributed by atoms with Crippen LogP contribution in [0, 0.1) is 0 Å². The molecule has 0 fully saturated rings. The van der Waals surface area contributed by atoms with Crippen LogP contribution in [0.25, 0.3) is 0 Å². The van der Waals surface area contributed by atoms with E-state index in [0.29, 0.717) is 5.57 Å². The minimum atomic E-state index is -0.743. The molecule has 0 saturated heterocycles. The van der Waals surface area contributed by atoms with Crippen LogP contribution < -0.4 is 0 Å². The average Bonchev–Trinajstić information content (AvgIpc) is 2.51. The molecule has 0 unspecified atom stereocenters. The first kappa shape index (κ1) is 17.1. The standard InChI is InChI=1S/C17H28NO2/c1-6-7-8-9-10-11-12-14-15(13-19)17(4,5)18(20)16(14,2)3/h11-13H,6-10H2,1-5H3/b12-11+. The third kappa shape index (κ3) is 3.21. The minimum absolute atomic E-state index is 0.613. The highest BCUT2D eigenvalue weighted by molar-refractivity contribution is 5.81. The first-order chi connectivity index (χ1) is 9.30. The molecular weight excluding hydrogens is 250 g/mol. The van der Waals surface area contributed by atoms with Crippen LogP contribution in [0.3, 0.4) is 0 Å². The van der Waals surface area contributed by atoms with Gasteiger partial charge < -0.3 is 0 Å². The summed E-state index contributed by atoms with van der Waals surface area (Å²) >= 11 is 0. The average molecular weight is 278 g/mol. The van der Waals surface area contributed by atoms with Crippen LogP contribution in [0.2, 0.25) is 0 Å². The summed E-state index contributed by atoms with van der Waals surface area (Å²) in [7, 11) is 0. The number of hydroxylamine groups is 2. The highest BCUT2D eigenvalue weighted by Crippen LogP contribution is 2.43. The van der Waals surface area contributed by atoms with Crippen molar-refractivity contribution >= 4 is 6.29 Å². The number of nitrogens with zero attached hydrogens (tertiary/aromatic N) is 1. The molecule has 3 heteroatoms. The highest BCUT2D eigenvalue weighted by Gasteiger charge is 2.50. The normalized spacial score (nSPS) is 21.9. The molecule has 0 aromatic heterocycles. The fourth-order valence-electron chi connectivity index (χ4n) is 2.97. The van der Waals surface area contributed by atoms with Crippen molar-refractivity contribution in [2.24, 2.45) is 0 Å². The van der Waals surface area contributed by atoms with Gasteiger partial charge in [0.15, 0.2) is 0 Å². The molecule has 0 atom stereocenters. The van der Waals surface area contributed by atoms with Crippen LogP contribution >= 0.6 is 0 Å². The van der Waals surface area contributed by atoms with Crippen LogP contribution in [0.15, 0.2) is 23.3 Å². The number of rotatable bonds is 7. The van der Waals surface area contributed by atoms with Gasteiger partial charge in [-0.2, -0.15) is 0 Å². The Morgan fingerprint density at radius 1 is 1.00 bits per heavy atom. The molecule has 1 aliphatic heterocycles. The predicted octanol–water partition coefficient (Wildman–Crippen LogP) is 4.23. The van der Waals surface area contributed by atoms with Gasteiger partial charge in [0.2, 0.25) is 0 Å². The summed E-state index contributed by atoms with van der Waals surface area (Å²) in [5, 5.41) is 13.4. The second-order valence-corrected chi connectivity index (χ2v) is 6.61. The smallest absolute Gasteiger partial charge is 0.148 e. The summed E-state index contributed by atoms with van der Waals surface area (Å²) in [6.45, 7) is 9.59. The number of allylic oxidation sites excluding steroid dienone is 1. The third-order valence-electron chi connectivity index (χ3n) is 4.25. The summed E-state index contributed by atoms with van der Waals surface area (Å²) in [6.07, 6.45) is 10.8. The predicted molar refractivity (Wildman–Crippen MR) is 81.7 cm³/mol. The van der Waals surface area contributed by atoms with E-state index >= 15 is 0 Å². The van der Waals surface area contributed by atoms with Crippen LogP contribution in [-0.2, 0) is 10.0 Å². The topological polar surface area (TPSA) is 40.2 Å². The molecule has 1 radical (unpaired) electrons. The summed E-state index contributed by atoms with van der Waals surface area (Å²) in [6, 6.07) is 0. The molecular formula is C17H28NO2. The SMILES string of the molecule is CCCCCC/C=C/C1=C(C=O)C(C)(C)N([O])C1(C)C. The fourth-order valence-corrected chi connectivity index (χ4v) is 2.97. The van der Waals surface area contributed by atoms with Crippen molar-refractivity contribution in [2.75, 3.05) is 0 Å². The Morgan fingerprint density at radius 2 is 1.60 bits per heavy atom. The number of unbranched alkanes of at least 4 members (excludes halogenated alkanes) is 4. The molecule has 1 aliphatic rings. The summed E-state index contributed by atoms with van der Waals surface area (Å²) in [5.74, 6) is 0. The molecule has 0 bridgehead atoms. The number of carbonyl (C=O) groups is 1. The van der Waals surface area contributed by atoms with Crippen LogP contribution in [0.4, 0.5) is 0 Å². The van der Waals surface area contributed by atoms with Gasteiger partial charge in [-0.25, -0.2) is 0 Å². The molecule has 0 amide bonds. The first-order valence-corrected chi connectivity index (χ1v) is 7.64. The van der Waals surface area contributed by atoms with Gasteiger partial charge in [-0.05, 0) is 46.1 Å². The van der Waals surface area contributed by atoms with Crippen molar-refractivity contribution < 1.29 is 10.0 Å². The molecule has 0 aliphatic carbocycles. The molecule has 0 spiro atoms. The molecule has 113 valence electrons. The molecule has 20 heavy (non-hydrogen) atoms. The van der Waals surface area contributed by atoms with E-state index in [1.807, 2.05) is 33.8 Å². The van der Waals surface area contributed by atoms with Gasteiger partial charge in [0.1, 0.15) is 6.29 Å². The van der Waals surface area contributed by atoms with Crippen molar-refractivity contribution in [3.63, 3.8) is 0 Å². The lowest BCUT2D eigenvalue weighted by Crippen LogP contribution is -2.47. The number of hydrogen-bond donors (Lipinski definition) is 0. The van der Waals surface area contributed by atoms with Crippen LogP contribution in [-0.4, -0.2) is 22.4 Å². The molecule has 0 aromatic rings. The second-order valence-electron chi connectivity index (χ2n) is 6.61. The van der Waals surface area contributed by atoms with Crippen molar-refractivity contribution in [1.82, 2.24) is 5.06 Å². The van der Waals surface area contributed by atoms with Crippen molar-refractivity contribution in [2.45, 2.75) is 77.8 Å². The van der Waals surface area contributed by atoms with Gasteiger partial charge >= 0.3 is 0 Å². The van der Waals surface area contributed by atoms with Crippen LogP contribution in [0.1, 0.15) is 66.7 Å². The van der Waals surface area contributed by atoms with Crippen molar-refractivity contribution in [3.8, 4) is 0 Å². The van der Waals surface area contributed by atoms with Crippen molar-refractivity contribution in [1.29, 1.82) is 0 Å². The summed E-state index contributed by atoms with van der Waals surface area (Å²) in [4.78, 5) is 11.4. The zero-order valence-corrected chi connectivity index (χ0v) is 13.5. The highest BCUT2D eigenvalue weighted by atomic mass is 16.5. The van der Waals surface area contributed by atoms with E-state index in [4.69, 9.17) is 0 Å².